The van der Waals surface area contributed by atoms with Gasteiger partial charge in [0.05, 0.1) is 22.8 Å². The lowest BCUT2D eigenvalue weighted by molar-refractivity contribution is -0.384. The fraction of sp³-hybridized carbons (Fsp3) is 0.316. The molecule has 4 rings (SSSR count). The lowest BCUT2D eigenvalue weighted by Crippen LogP contribution is -2.48. The molecular weight excluding hydrogens is 394 g/mol. The normalized spacial score (nSPS) is 14.8. The van der Waals surface area contributed by atoms with Crippen molar-refractivity contribution in [2.24, 2.45) is 0 Å². The van der Waals surface area contributed by atoms with E-state index in [9.17, 15) is 14.9 Å². The molecule has 9 nitrogen and oxygen atoms in total. The average molecular weight is 413 g/mol. The molecule has 0 saturated carbocycles. The fourth-order valence-electron chi connectivity index (χ4n) is 3.19. The first-order chi connectivity index (χ1) is 14.1. The van der Waals surface area contributed by atoms with Crippen molar-refractivity contribution in [3.8, 4) is 10.7 Å². The summed E-state index contributed by atoms with van der Waals surface area (Å²) < 4.78 is 5.35. The van der Waals surface area contributed by atoms with Gasteiger partial charge in [0.15, 0.2) is 0 Å². The van der Waals surface area contributed by atoms with Crippen LogP contribution in [-0.4, -0.2) is 56.9 Å². The summed E-state index contributed by atoms with van der Waals surface area (Å²) in [6, 6.07) is 10.0. The number of carbonyl (C=O) groups excluding carboxylic acids is 1. The topological polar surface area (TPSA) is 106 Å². The minimum atomic E-state index is -0.447. The number of hydrogen-bond acceptors (Lipinski definition) is 8. The summed E-state index contributed by atoms with van der Waals surface area (Å²) in [5.41, 5.74) is 0.799. The highest BCUT2D eigenvalue weighted by Crippen LogP contribution is 2.22. The summed E-state index contributed by atoms with van der Waals surface area (Å²) in [5, 5.41) is 16.7. The Morgan fingerprint density at radius 3 is 2.59 bits per heavy atom. The second kappa shape index (κ2) is 8.50. The lowest BCUT2D eigenvalue weighted by Gasteiger charge is -2.34. The second-order valence-corrected chi connectivity index (χ2v) is 7.69. The molecule has 1 aliphatic heterocycles. The molecule has 1 saturated heterocycles. The summed E-state index contributed by atoms with van der Waals surface area (Å²) >= 11 is 1.57. The van der Waals surface area contributed by atoms with Gasteiger partial charge in [-0.25, -0.2) is 0 Å². The third-order valence-corrected chi connectivity index (χ3v) is 5.66. The van der Waals surface area contributed by atoms with Crippen LogP contribution in [0, 0.1) is 10.1 Å². The number of hydrogen-bond donors (Lipinski definition) is 0. The van der Waals surface area contributed by atoms with Gasteiger partial charge in [-0.1, -0.05) is 23.4 Å². The van der Waals surface area contributed by atoms with Gasteiger partial charge in [-0.3, -0.25) is 19.8 Å². The van der Waals surface area contributed by atoms with Crippen LogP contribution in [0.2, 0.25) is 0 Å². The van der Waals surface area contributed by atoms with E-state index in [1.165, 1.54) is 12.1 Å². The monoisotopic (exact) mass is 413 g/mol. The third-order valence-electron chi connectivity index (χ3n) is 4.80. The van der Waals surface area contributed by atoms with Crippen LogP contribution < -0.4 is 0 Å². The Kier molecular flexibility index (Phi) is 5.63. The van der Waals surface area contributed by atoms with Crippen molar-refractivity contribution in [3.63, 3.8) is 0 Å². The fourth-order valence-corrected chi connectivity index (χ4v) is 3.84. The van der Waals surface area contributed by atoms with E-state index < -0.39 is 4.92 Å². The third kappa shape index (κ3) is 4.66. The standard InChI is InChI=1S/C19H19N5O4S/c25-18(12-14-3-5-15(6-4-14)24(26)27)23-9-7-22(8-10-23)13-17-20-19(21-28-17)16-2-1-11-29-16/h1-6,11H,7-10,12-13H2. The number of thiophene rings is 1. The highest BCUT2D eigenvalue weighted by molar-refractivity contribution is 7.13. The predicted molar refractivity (Wildman–Crippen MR) is 106 cm³/mol. The second-order valence-electron chi connectivity index (χ2n) is 6.75. The molecule has 29 heavy (non-hydrogen) atoms. The summed E-state index contributed by atoms with van der Waals surface area (Å²) in [7, 11) is 0. The molecule has 2 aromatic heterocycles. The van der Waals surface area contributed by atoms with Crippen molar-refractivity contribution in [1.29, 1.82) is 0 Å². The first-order valence-electron chi connectivity index (χ1n) is 9.18. The zero-order valence-corrected chi connectivity index (χ0v) is 16.4. The molecule has 0 aliphatic carbocycles. The van der Waals surface area contributed by atoms with Gasteiger partial charge >= 0.3 is 0 Å². The zero-order valence-electron chi connectivity index (χ0n) is 15.6. The molecule has 0 bridgehead atoms. The number of aromatic nitrogens is 2. The first-order valence-corrected chi connectivity index (χ1v) is 10.1. The van der Waals surface area contributed by atoms with Gasteiger partial charge < -0.3 is 9.42 Å². The molecule has 3 heterocycles. The summed E-state index contributed by atoms with van der Waals surface area (Å²) in [6.07, 6.45) is 0.242. The van der Waals surface area contributed by atoms with Crippen molar-refractivity contribution in [1.82, 2.24) is 19.9 Å². The summed E-state index contributed by atoms with van der Waals surface area (Å²) in [4.78, 5) is 32.2. The molecule has 0 unspecified atom stereocenters. The van der Waals surface area contributed by atoms with Gasteiger partial charge in [0.2, 0.25) is 17.6 Å². The molecule has 1 fully saturated rings. The van der Waals surface area contributed by atoms with Crippen LogP contribution in [-0.2, 0) is 17.8 Å². The Morgan fingerprint density at radius 2 is 1.93 bits per heavy atom. The smallest absolute Gasteiger partial charge is 0.269 e. The van der Waals surface area contributed by atoms with E-state index in [1.807, 2.05) is 22.4 Å². The van der Waals surface area contributed by atoms with Crippen molar-refractivity contribution < 1.29 is 14.2 Å². The molecule has 1 aromatic carbocycles. The molecule has 0 N–H and O–H groups in total. The van der Waals surface area contributed by atoms with Gasteiger partial charge in [-0.15, -0.1) is 11.3 Å². The SMILES string of the molecule is O=C(Cc1ccc([N+](=O)[O-])cc1)N1CCN(Cc2nc(-c3cccs3)no2)CC1. The highest BCUT2D eigenvalue weighted by Gasteiger charge is 2.23. The number of non-ortho nitro benzene ring substituents is 1. The largest absolute Gasteiger partial charge is 0.340 e. The van der Waals surface area contributed by atoms with Crippen LogP contribution in [0.25, 0.3) is 10.7 Å². The number of nitrogens with zero attached hydrogens (tertiary/aromatic N) is 5. The average Bonchev–Trinajstić information content (AvgIpc) is 3.41. The molecule has 3 aromatic rings. The van der Waals surface area contributed by atoms with Crippen molar-refractivity contribution >= 4 is 22.9 Å². The van der Waals surface area contributed by atoms with E-state index in [1.54, 1.807) is 23.5 Å². The van der Waals surface area contributed by atoms with E-state index in [4.69, 9.17) is 4.52 Å². The highest BCUT2D eigenvalue weighted by atomic mass is 32.1. The Morgan fingerprint density at radius 1 is 1.17 bits per heavy atom. The maximum Gasteiger partial charge on any atom is 0.269 e. The summed E-state index contributed by atoms with van der Waals surface area (Å²) in [5.74, 6) is 1.20. The molecule has 150 valence electrons. The van der Waals surface area contributed by atoms with Gasteiger partial charge in [0.1, 0.15) is 0 Å². The molecule has 0 radical (unpaired) electrons. The maximum absolute atomic E-state index is 12.5. The minimum Gasteiger partial charge on any atom is -0.340 e. The lowest BCUT2D eigenvalue weighted by atomic mass is 10.1. The van der Waals surface area contributed by atoms with Crippen molar-refractivity contribution in [2.45, 2.75) is 13.0 Å². The number of amides is 1. The number of carbonyl (C=O) groups is 1. The zero-order chi connectivity index (χ0) is 20.2. The molecule has 1 aliphatic rings. The molecule has 1 amide bonds. The molecule has 10 heteroatoms. The molecule has 0 spiro atoms. The van der Waals surface area contributed by atoms with Crippen LogP contribution >= 0.6 is 11.3 Å². The quantitative estimate of drug-likeness (QED) is 0.452. The van der Waals surface area contributed by atoms with Gasteiger partial charge in [-0.2, -0.15) is 4.98 Å². The Hall–Kier alpha value is -3.11. The van der Waals surface area contributed by atoms with Crippen LogP contribution in [0.5, 0.6) is 0 Å². The van der Waals surface area contributed by atoms with Gasteiger partial charge in [-0.05, 0) is 17.0 Å². The van der Waals surface area contributed by atoms with Crippen LogP contribution in [0.15, 0.2) is 46.3 Å². The van der Waals surface area contributed by atoms with Crippen LogP contribution in [0.1, 0.15) is 11.5 Å². The Bertz CT molecular complexity index is 978. The Balaban J connectivity index is 1.26. The molecular formula is C19H19N5O4S. The van der Waals surface area contributed by atoms with Gasteiger partial charge in [0.25, 0.3) is 5.69 Å². The van der Waals surface area contributed by atoms with E-state index in [0.29, 0.717) is 31.3 Å². The van der Waals surface area contributed by atoms with Crippen LogP contribution in [0.3, 0.4) is 0 Å². The minimum absolute atomic E-state index is 0.0243. The van der Waals surface area contributed by atoms with E-state index >= 15 is 0 Å². The summed E-state index contributed by atoms with van der Waals surface area (Å²) in [6.45, 7) is 3.25. The van der Waals surface area contributed by atoms with Crippen molar-refractivity contribution in [3.05, 3.63) is 63.3 Å². The number of benzene rings is 1. The van der Waals surface area contributed by atoms with Gasteiger partial charge in [0, 0.05) is 38.3 Å². The van der Waals surface area contributed by atoms with E-state index in [0.717, 1.165) is 23.5 Å². The maximum atomic E-state index is 12.5. The number of nitro groups is 1. The predicted octanol–water partition coefficient (Wildman–Crippen LogP) is 2.59. The van der Waals surface area contributed by atoms with Crippen LogP contribution in [0.4, 0.5) is 5.69 Å². The molecule has 0 atom stereocenters. The number of nitro benzene ring substituents is 1. The Labute approximate surface area is 170 Å². The van der Waals surface area contributed by atoms with E-state index in [-0.39, 0.29) is 18.0 Å². The van der Waals surface area contributed by atoms with E-state index in [2.05, 4.69) is 15.0 Å². The number of piperazine rings is 1. The number of rotatable bonds is 6. The first kappa shape index (κ1) is 19.2. The van der Waals surface area contributed by atoms with Crippen molar-refractivity contribution in [2.75, 3.05) is 26.2 Å².